The Labute approximate surface area is 135 Å². The fourth-order valence-corrected chi connectivity index (χ4v) is 2.13. The van der Waals surface area contributed by atoms with E-state index in [2.05, 4.69) is 5.10 Å². The Hall–Kier alpha value is -2.76. The van der Waals surface area contributed by atoms with E-state index >= 15 is 0 Å². The molecule has 122 valence electrons. The van der Waals surface area contributed by atoms with Crippen molar-refractivity contribution in [2.75, 3.05) is 21.3 Å². The maximum absolute atomic E-state index is 12.2. The van der Waals surface area contributed by atoms with E-state index in [9.17, 15) is 4.79 Å². The molecule has 0 spiro atoms. The lowest BCUT2D eigenvalue weighted by molar-refractivity contribution is 0.104. The van der Waals surface area contributed by atoms with Gasteiger partial charge in [0.1, 0.15) is 0 Å². The van der Waals surface area contributed by atoms with Crippen molar-refractivity contribution in [1.29, 1.82) is 0 Å². The van der Waals surface area contributed by atoms with Gasteiger partial charge in [-0.3, -0.25) is 9.48 Å². The van der Waals surface area contributed by atoms with Gasteiger partial charge in [0.2, 0.25) is 5.75 Å². The molecule has 0 N–H and O–H groups in total. The SMILES string of the molecule is CCn1cc(C(=O)/C=C/c2cc(OC)c(OC)c(OC)c2)cn1. The van der Waals surface area contributed by atoms with Crippen molar-refractivity contribution < 1.29 is 19.0 Å². The number of hydrogen-bond donors (Lipinski definition) is 0. The molecule has 0 aliphatic heterocycles. The molecule has 2 aromatic rings. The zero-order valence-corrected chi connectivity index (χ0v) is 13.7. The van der Waals surface area contributed by atoms with Crippen LogP contribution < -0.4 is 14.2 Å². The maximum atomic E-state index is 12.2. The summed E-state index contributed by atoms with van der Waals surface area (Å²) >= 11 is 0. The van der Waals surface area contributed by atoms with Crippen LogP contribution in [-0.2, 0) is 6.54 Å². The average molecular weight is 316 g/mol. The van der Waals surface area contributed by atoms with Crippen molar-refractivity contribution in [1.82, 2.24) is 9.78 Å². The van der Waals surface area contributed by atoms with Gasteiger partial charge in [0.25, 0.3) is 0 Å². The molecule has 0 aliphatic rings. The van der Waals surface area contributed by atoms with E-state index < -0.39 is 0 Å². The minimum atomic E-state index is -0.113. The zero-order valence-electron chi connectivity index (χ0n) is 13.7. The number of aryl methyl sites for hydroxylation is 1. The predicted molar refractivity (Wildman–Crippen MR) is 87.4 cm³/mol. The van der Waals surface area contributed by atoms with Crippen LogP contribution in [0.3, 0.4) is 0 Å². The summed E-state index contributed by atoms with van der Waals surface area (Å²) in [5, 5.41) is 4.09. The Bertz CT molecular complexity index is 694. The lowest BCUT2D eigenvalue weighted by Crippen LogP contribution is -1.96. The van der Waals surface area contributed by atoms with E-state index in [1.165, 1.54) is 6.08 Å². The van der Waals surface area contributed by atoms with Gasteiger partial charge in [-0.05, 0) is 30.7 Å². The summed E-state index contributed by atoms with van der Waals surface area (Å²) < 4.78 is 17.6. The summed E-state index contributed by atoms with van der Waals surface area (Å²) in [5.41, 5.74) is 1.33. The maximum Gasteiger partial charge on any atom is 0.203 e. The Kier molecular flexibility index (Phi) is 5.41. The van der Waals surface area contributed by atoms with E-state index in [0.717, 1.165) is 12.1 Å². The highest BCUT2D eigenvalue weighted by atomic mass is 16.5. The van der Waals surface area contributed by atoms with Crippen molar-refractivity contribution in [2.45, 2.75) is 13.5 Å². The smallest absolute Gasteiger partial charge is 0.203 e. The molecule has 0 radical (unpaired) electrons. The lowest BCUT2D eigenvalue weighted by atomic mass is 10.1. The van der Waals surface area contributed by atoms with Crippen LogP contribution in [0.4, 0.5) is 0 Å². The number of ketones is 1. The molecule has 0 bridgehead atoms. The lowest BCUT2D eigenvalue weighted by Gasteiger charge is -2.12. The third-order valence-corrected chi connectivity index (χ3v) is 3.36. The molecule has 0 atom stereocenters. The van der Waals surface area contributed by atoms with E-state index in [1.54, 1.807) is 56.6 Å². The molecule has 1 aromatic heterocycles. The summed E-state index contributed by atoms with van der Waals surface area (Å²) in [5.74, 6) is 1.48. The van der Waals surface area contributed by atoms with Crippen LogP contribution in [0, 0.1) is 0 Å². The van der Waals surface area contributed by atoms with Crippen LogP contribution in [0.2, 0.25) is 0 Å². The molecule has 6 heteroatoms. The summed E-state index contributed by atoms with van der Waals surface area (Å²) in [6.07, 6.45) is 6.49. The Morgan fingerprint density at radius 3 is 2.30 bits per heavy atom. The quantitative estimate of drug-likeness (QED) is 0.580. The average Bonchev–Trinajstić information content (AvgIpc) is 3.07. The summed E-state index contributed by atoms with van der Waals surface area (Å²) in [6, 6.07) is 3.56. The van der Waals surface area contributed by atoms with Gasteiger partial charge in [-0.25, -0.2) is 0 Å². The molecule has 0 fully saturated rings. The van der Waals surface area contributed by atoms with Crippen LogP contribution in [0.25, 0.3) is 6.08 Å². The number of rotatable bonds is 7. The molecule has 2 rings (SSSR count). The summed E-state index contributed by atoms with van der Waals surface area (Å²) in [6.45, 7) is 2.69. The van der Waals surface area contributed by atoms with Crippen molar-refractivity contribution in [2.24, 2.45) is 0 Å². The number of carbonyl (C=O) groups is 1. The Balaban J connectivity index is 2.26. The molecule has 0 aliphatic carbocycles. The van der Waals surface area contributed by atoms with E-state index in [4.69, 9.17) is 14.2 Å². The van der Waals surface area contributed by atoms with Crippen molar-refractivity contribution in [3.8, 4) is 17.2 Å². The minimum absolute atomic E-state index is 0.113. The number of benzene rings is 1. The second kappa shape index (κ2) is 7.49. The summed E-state index contributed by atoms with van der Waals surface area (Å²) in [4.78, 5) is 12.2. The molecule has 0 saturated heterocycles. The monoisotopic (exact) mass is 316 g/mol. The van der Waals surface area contributed by atoms with Crippen LogP contribution in [0.1, 0.15) is 22.8 Å². The Morgan fingerprint density at radius 2 is 1.83 bits per heavy atom. The number of hydrogen-bond acceptors (Lipinski definition) is 5. The Morgan fingerprint density at radius 1 is 1.17 bits per heavy atom. The summed E-state index contributed by atoms with van der Waals surface area (Å²) in [7, 11) is 4.65. The largest absolute Gasteiger partial charge is 0.493 e. The second-order valence-electron chi connectivity index (χ2n) is 4.74. The number of nitrogens with zero attached hydrogens (tertiary/aromatic N) is 2. The van der Waals surface area contributed by atoms with Gasteiger partial charge >= 0.3 is 0 Å². The van der Waals surface area contributed by atoms with Gasteiger partial charge in [-0.1, -0.05) is 6.08 Å². The first-order valence-electron chi connectivity index (χ1n) is 7.17. The normalized spacial score (nSPS) is 10.8. The second-order valence-corrected chi connectivity index (χ2v) is 4.74. The first-order chi connectivity index (χ1) is 11.1. The van der Waals surface area contributed by atoms with Crippen molar-refractivity contribution in [3.63, 3.8) is 0 Å². The highest BCUT2D eigenvalue weighted by Crippen LogP contribution is 2.38. The van der Waals surface area contributed by atoms with Gasteiger partial charge in [0.15, 0.2) is 17.3 Å². The highest BCUT2D eigenvalue weighted by molar-refractivity contribution is 6.06. The molecule has 0 unspecified atom stereocenters. The topological polar surface area (TPSA) is 62.6 Å². The first-order valence-corrected chi connectivity index (χ1v) is 7.17. The van der Waals surface area contributed by atoms with Gasteiger partial charge in [0.05, 0.1) is 33.1 Å². The van der Waals surface area contributed by atoms with Gasteiger partial charge in [-0.15, -0.1) is 0 Å². The minimum Gasteiger partial charge on any atom is -0.493 e. The van der Waals surface area contributed by atoms with Gasteiger partial charge in [0, 0.05) is 12.7 Å². The number of methoxy groups -OCH3 is 3. The third-order valence-electron chi connectivity index (χ3n) is 3.36. The fraction of sp³-hybridized carbons (Fsp3) is 0.294. The van der Waals surface area contributed by atoms with Gasteiger partial charge in [-0.2, -0.15) is 5.10 Å². The number of ether oxygens (including phenoxy) is 3. The molecule has 1 heterocycles. The predicted octanol–water partition coefficient (Wildman–Crippen LogP) is 2.82. The number of aromatic nitrogens is 2. The third kappa shape index (κ3) is 3.71. The van der Waals surface area contributed by atoms with Crippen LogP contribution >= 0.6 is 0 Å². The van der Waals surface area contributed by atoms with Crippen LogP contribution in [0.5, 0.6) is 17.2 Å². The van der Waals surface area contributed by atoms with E-state index in [1.807, 2.05) is 6.92 Å². The number of allylic oxidation sites excluding steroid dienone is 1. The molecule has 23 heavy (non-hydrogen) atoms. The van der Waals surface area contributed by atoms with Gasteiger partial charge < -0.3 is 14.2 Å². The molecular formula is C17H20N2O4. The van der Waals surface area contributed by atoms with Crippen LogP contribution in [0.15, 0.2) is 30.6 Å². The molecular weight excluding hydrogens is 296 g/mol. The van der Waals surface area contributed by atoms with Crippen molar-refractivity contribution >= 4 is 11.9 Å². The van der Waals surface area contributed by atoms with Crippen molar-refractivity contribution in [3.05, 3.63) is 41.7 Å². The molecule has 0 amide bonds. The molecule has 0 saturated carbocycles. The standard InChI is InChI=1S/C17H20N2O4/c1-5-19-11-13(10-18-19)14(20)7-6-12-8-15(21-2)17(23-4)16(9-12)22-3/h6-11H,5H2,1-4H3/b7-6+. The molecule has 6 nitrogen and oxygen atoms in total. The highest BCUT2D eigenvalue weighted by Gasteiger charge is 2.12. The van der Waals surface area contributed by atoms with E-state index in [0.29, 0.717) is 22.8 Å². The zero-order chi connectivity index (χ0) is 16.8. The van der Waals surface area contributed by atoms with E-state index in [-0.39, 0.29) is 5.78 Å². The molecule has 1 aromatic carbocycles. The van der Waals surface area contributed by atoms with Crippen LogP contribution in [-0.4, -0.2) is 36.9 Å². The number of carbonyl (C=O) groups excluding carboxylic acids is 1. The fourth-order valence-electron chi connectivity index (χ4n) is 2.13. The first kappa shape index (κ1) is 16.6.